The van der Waals surface area contributed by atoms with E-state index in [1.165, 1.54) is 6.42 Å². The molecule has 62 valence electrons. The predicted octanol–water partition coefficient (Wildman–Crippen LogP) is 1.95. The lowest BCUT2D eigenvalue weighted by Gasteiger charge is -1.91. The summed E-state index contributed by atoms with van der Waals surface area (Å²) >= 11 is 0. The van der Waals surface area contributed by atoms with Crippen LogP contribution < -0.4 is 0 Å². The SMILES string of the molecule is CCC#CCCCC1CC1O. The lowest BCUT2D eigenvalue weighted by Crippen LogP contribution is -1.84. The largest absolute Gasteiger partial charge is 0.393 e. The second kappa shape index (κ2) is 4.41. The van der Waals surface area contributed by atoms with Gasteiger partial charge in [-0.25, -0.2) is 0 Å². The van der Waals surface area contributed by atoms with Crippen LogP contribution in [0.2, 0.25) is 0 Å². The Bertz CT molecular complexity index is 163. The van der Waals surface area contributed by atoms with E-state index in [0.29, 0.717) is 5.92 Å². The van der Waals surface area contributed by atoms with Crippen LogP contribution in [0, 0.1) is 17.8 Å². The Labute approximate surface area is 68.8 Å². The summed E-state index contributed by atoms with van der Waals surface area (Å²) in [5.74, 6) is 6.75. The van der Waals surface area contributed by atoms with Gasteiger partial charge >= 0.3 is 0 Å². The van der Waals surface area contributed by atoms with E-state index in [0.717, 1.165) is 25.7 Å². The normalized spacial score (nSPS) is 27.5. The molecule has 0 amide bonds. The summed E-state index contributed by atoms with van der Waals surface area (Å²) in [7, 11) is 0. The topological polar surface area (TPSA) is 20.2 Å². The Morgan fingerprint density at radius 1 is 1.45 bits per heavy atom. The quantitative estimate of drug-likeness (QED) is 0.484. The number of hydrogen-bond donors (Lipinski definition) is 1. The molecule has 2 unspecified atom stereocenters. The standard InChI is InChI=1S/C10H16O/c1-2-3-4-5-6-7-9-8-10(9)11/h9-11H,2,5-8H2,1H3. The van der Waals surface area contributed by atoms with Gasteiger partial charge in [0.25, 0.3) is 0 Å². The first kappa shape index (κ1) is 8.62. The third-order valence-electron chi connectivity index (χ3n) is 2.06. The lowest BCUT2D eigenvalue weighted by molar-refractivity contribution is 0.256. The summed E-state index contributed by atoms with van der Waals surface area (Å²) in [6.45, 7) is 2.07. The first-order chi connectivity index (χ1) is 5.34. The van der Waals surface area contributed by atoms with Gasteiger partial charge in [-0.15, -0.1) is 11.8 Å². The molecule has 1 heteroatoms. The summed E-state index contributed by atoms with van der Waals surface area (Å²) in [6.07, 6.45) is 5.35. The maximum Gasteiger partial charge on any atom is 0.0573 e. The molecule has 0 aromatic rings. The Morgan fingerprint density at radius 2 is 2.18 bits per heavy atom. The molecule has 1 rings (SSSR count). The van der Waals surface area contributed by atoms with Crippen LogP contribution in [-0.4, -0.2) is 11.2 Å². The van der Waals surface area contributed by atoms with Gasteiger partial charge in [-0.1, -0.05) is 6.92 Å². The fourth-order valence-corrected chi connectivity index (χ4v) is 1.21. The van der Waals surface area contributed by atoms with Gasteiger partial charge in [-0.05, 0) is 25.2 Å². The van der Waals surface area contributed by atoms with Crippen molar-refractivity contribution in [3.05, 3.63) is 0 Å². The molecule has 1 fully saturated rings. The van der Waals surface area contributed by atoms with Gasteiger partial charge in [0.05, 0.1) is 6.10 Å². The van der Waals surface area contributed by atoms with Crippen molar-refractivity contribution in [2.75, 3.05) is 0 Å². The van der Waals surface area contributed by atoms with Crippen LogP contribution in [0.4, 0.5) is 0 Å². The molecule has 0 bridgehead atoms. The van der Waals surface area contributed by atoms with Gasteiger partial charge in [-0.3, -0.25) is 0 Å². The van der Waals surface area contributed by atoms with Crippen molar-refractivity contribution in [1.29, 1.82) is 0 Å². The maximum atomic E-state index is 8.99. The summed E-state index contributed by atoms with van der Waals surface area (Å²) < 4.78 is 0. The molecule has 1 N–H and O–H groups in total. The minimum atomic E-state index is 0.0223. The lowest BCUT2D eigenvalue weighted by atomic mass is 10.2. The van der Waals surface area contributed by atoms with Crippen molar-refractivity contribution in [2.24, 2.45) is 5.92 Å². The minimum absolute atomic E-state index is 0.0223. The molecular weight excluding hydrogens is 136 g/mol. The van der Waals surface area contributed by atoms with E-state index in [2.05, 4.69) is 18.8 Å². The number of rotatable bonds is 3. The van der Waals surface area contributed by atoms with Gasteiger partial charge in [0, 0.05) is 12.8 Å². The van der Waals surface area contributed by atoms with Gasteiger partial charge in [0.15, 0.2) is 0 Å². The van der Waals surface area contributed by atoms with Crippen LogP contribution in [0.25, 0.3) is 0 Å². The van der Waals surface area contributed by atoms with E-state index < -0.39 is 0 Å². The van der Waals surface area contributed by atoms with E-state index in [1.807, 2.05) is 0 Å². The summed E-state index contributed by atoms with van der Waals surface area (Å²) in [4.78, 5) is 0. The maximum absolute atomic E-state index is 8.99. The fourth-order valence-electron chi connectivity index (χ4n) is 1.21. The summed E-state index contributed by atoms with van der Waals surface area (Å²) in [6, 6.07) is 0. The average molecular weight is 152 g/mol. The Morgan fingerprint density at radius 3 is 2.73 bits per heavy atom. The van der Waals surface area contributed by atoms with Gasteiger partial charge in [0.2, 0.25) is 0 Å². The third kappa shape index (κ3) is 3.43. The zero-order chi connectivity index (χ0) is 8.10. The first-order valence-electron chi connectivity index (χ1n) is 4.48. The molecule has 11 heavy (non-hydrogen) atoms. The molecule has 0 saturated heterocycles. The minimum Gasteiger partial charge on any atom is -0.393 e. The molecule has 1 nitrogen and oxygen atoms in total. The predicted molar refractivity (Wildman–Crippen MR) is 46.0 cm³/mol. The molecule has 1 aliphatic rings. The highest BCUT2D eigenvalue weighted by Crippen LogP contribution is 2.34. The second-order valence-corrected chi connectivity index (χ2v) is 3.16. The van der Waals surface area contributed by atoms with Crippen LogP contribution in [-0.2, 0) is 0 Å². The highest BCUT2D eigenvalue weighted by molar-refractivity contribution is 4.98. The molecule has 1 saturated carbocycles. The van der Waals surface area contributed by atoms with E-state index in [4.69, 9.17) is 5.11 Å². The van der Waals surface area contributed by atoms with E-state index in [-0.39, 0.29) is 6.10 Å². The first-order valence-corrected chi connectivity index (χ1v) is 4.48. The fraction of sp³-hybridized carbons (Fsp3) is 0.800. The van der Waals surface area contributed by atoms with Crippen LogP contribution in [0.15, 0.2) is 0 Å². The summed E-state index contributed by atoms with van der Waals surface area (Å²) in [5.41, 5.74) is 0. The molecule has 0 heterocycles. The van der Waals surface area contributed by atoms with Crippen molar-refractivity contribution in [1.82, 2.24) is 0 Å². The van der Waals surface area contributed by atoms with Gasteiger partial charge in [-0.2, -0.15) is 0 Å². The van der Waals surface area contributed by atoms with E-state index in [9.17, 15) is 0 Å². The van der Waals surface area contributed by atoms with Crippen LogP contribution in [0.1, 0.15) is 39.0 Å². The summed E-state index contributed by atoms with van der Waals surface area (Å²) in [5, 5.41) is 8.99. The van der Waals surface area contributed by atoms with E-state index in [1.54, 1.807) is 0 Å². The number of aliphatic hydroxyl groups is 1. The van der Waals surface area contributed by atoms with Crippen molar-refractivity contribution in [2.45, 2.75) is 45.1 Å². The Hall–Kier alpha value is -0.480. The van der Waals surface area contributed by atoms with E-state index >= 15 is 0 Å². The Kier molecular flexibility index (Phi) is 3.45. The molecular formula is C10H16O. The molecule has 0 radical (unpaired) electrons. The highest BCUT2D eigenvalue weighted by atomic mass is 16.3. The smallest absolute Gasteiger partial charge is 0.0573 e. The number of unbranched alkanes of at least 4 members (excludes halogenated alkanes) is 1. The van der Waals surface area contributed by atoms with Gasteiger partial charge < -0.3 is 5.11 Å². The molecule has 0 aliphatic heterocycles. The van der Waals surface area contributed by atoms with Crippen molar-refractivity contribution in [3.8, 4) is 11.8 Å². The van der Waals surface area contributed by atoms with Gasteiger partial charge in [0.1, 0.15) is 0 Å². The second-order valence-electron chi connectivity index (χ2n) is 3.16. The van der Waals surface area contributed by atoms with Crippen molar-refractivity contribution < 1.29 is 5.11 Å². The number of hydrogen-bond acceptors (Lipinski definition) is 1. The molecule has 1 aliphatic carbocycles. The highest BCUT2D eigenvalue weighted by Gasteiger charge is 2.33. The van der Waals surface area contributed by atoms with Crippen molar-refractivity contribution in [3.63, 3.8) is 0 Å². The van der Waals surface area contributed by atoms with Crippen molar-refractivity contribution >= 4 is 0 Å². The molecule has 2 atom stereocenters. The Balaban J connectivity index is 1.89. The van der Waals surface area contributed by atoms with Crippen LogP contribution >= 0.6 is 0 Å². The average Bonchev–Trinajstić information content (AvgIpc) is 2.67. The zero-order valence-electron chi connectivity index (χ0n) is 7.14. The number of aliphatic hydroxyl groups excluding tert-OH is 1. The molecule has 0 aromatic heterocycles. The monoisotopic (exact) mass is 152 g/mol. The molecule has 0 aromatic carbocycles. The third-order valence-corrected chi connectivity index (χ3v) is 2.06. The van der Waals surface area contributed by atoms with Crippen LogP contribution in [0.5, 0.6) is 0 Å². The molecule has 0 spiro atoms. The zero-order valence-corrected chi connectivity index (χ0v) is 7.14. The van der Waals surface area contributed by atoms with Crippen LogP contribution in [0.3, 0.4) is 0 Å².